The Morgan fingerprint density at radius 2 is 2.11 bits per heavy atom. The van der Waals surface area contributed by atoms with Crippen LogP contribution >= 0.6 is 0 Å². The average molecular weight is 266 g/mol. The van der Waals surface area contributed by atoms with Crippen molar-refractivity contribution < 1.29 is 14.5 Å². The van der Waals surface area contributed by atoms with Crippen LogP contribution in [0.4, 0.5) is 5.69 Å². The molecule has 1 rings (SSSR count). The molecule has 0 radical (unpaired) electrons. The predicted octanol–water partition coefficient (Wildman–Crippen LogP) is 2.52. The van der Waals surface area contributed by atoms with Gasteiger partial charge in [-0.1, -0.05) is 6.92 Å². The van der Waals surface area contributed by atoms with Gasteiger partial charge in [0.15, 0.2) is 5.75 Å². The predicted molar refractivity (Wildman–Crippen MR) is 71.5 cm³/mol. The normalized spacial score (nSPS) is 10.9. The van der Waals surface area contributed by atoms with Gasteiger partial charge < -0.3 is 10.1 Å². The van der Waals surface area contributed by atoms with Gasteiger partial charge in [0, 0.05) is 23.2 Å². The van der Waals surface area contributed by atoms with Crippen molar-refractivity contribution in [2.45, 2.75) is 32.7 Å². The number of nitrogens with one attached hydrogen (secondary N) is 1. The minimum atomic E-state index is -0.545. The molecule has 6 nitrogen and oxygen atoms in total. The molecule has 0 saturated carbocycles. The number of carbonyl (C=O) groups is 1. The van der Waals surface area contributed by atoms with Gasteiger partial charge in [0.1, 0.15) is 0 Å². The van der Waals surface area contributed by atoms with Crippen LogP contribution in [0.5, 0.6) is 5.75 Å². The highest BCUT2D eigenvalue weighted by Crippen LogP contribution is 2.27. The Kier molecular flexibility index (Phi) is 4.47. The first kappa shape index (κ1) is 14.9. The van der Waals surface area contributed by atoms with E-state index >= 15 is 0 Å². The lowest BCUT2D eigenvalue weighted by Gasteiger charge is -2.24. The number of amides is 1. The van der Waals surface area contributed by atoms with Crippen LogP contribution in [0.2, 0.25) is 0 Å². The molecule has 1 N–H and O–H groups in total. The molecule has 0 fully saturated rings. The number of benzene rings is 1. The minimum Gasteiger partial charge on any atom is -0.490 e. The zero-order chi connectivity index (χ0) is 14.6. The van der Waals surface area contributed by atoms with E-state index in [1.165, 1.54) is 25.3 Å². The molecule has 0 atom stereocenters. The Morgan fingerprint density at radius 3 is 2.58 bits per heavy atom. The Labute approximate surface area is 111 Å². The zero-order valence-electron chi connectivity index (χ0n) is 11.5. The zero-order valence-corrected chi connectivity index (χ0v) is 11.5. The van der Waals surface area contributed by atoms with Gasteiger partial charge in [-0.15, -0.1) is 0 Å². The molecule has 0 aliphatic heterocycles. The Balaban J connectivity index is 3.03. The fourth-order valence-corrected chi connectivity index (χ4v) is 1.44. The van der Waals surface area contributed by atoms with Crippen LogP contribution in [0.15, 0.2) is 18.2 Å². The lowest BCUT2D eigenvalue weighted by atomic mass is 10.0. The summed E-state index contributed by atoms with van der Waals surface area (Å²) in [5, 5.41) is 13.6. The summed E-state index contributed by atoms with van der Waals surface area (Å²) >= 11 is 0. The fourth-order valence-electron chi connectivity index (χ4n) is 1.44. The number of methoxy groups -OCH3 is 1. The summed E-state index contributed by atoms with van der Waals surface area (Å²) in [5.74, 6) is -0.202. The maximum atomic E-state index is 12.0. The summed E-state index contributed by atoms with van der Waals surface area (Å²) in [6.45, 7) is 5.79. The van der Waals surface area contributed by atoms with Gasteiger partial charge in [0.25, 0.3) is 5.91 Å². The molecule has 1 aromatic carbocycles. The third kappa shape index (κ3) is 3.67. The monoisotopic (exact) mass is 266 g/mol. The molecular weight excluding hydrogens is 248 g/mol. The number of ether oxygens (including phenoxy) is 1. The average Bonchev–Trinajstić information content (AvgIpc) is 2.37. The van der Waals surface area contributed by atoms with Crippen LogP contribution < -0.4 is 10.1 Å². The molecule has 104 valence electrons. The maximum absolute atomic E-state index is 12.0. The molecule has 6 heteroatoms. The van der Waals surface area contributed by atoms with Gasteiger partial charge in [0.2, 0.25) is 0 Å². The van der Waals surface area contributed by atoms with E-state index in [9.17, 15) is 14.9 Å². The topological polar surface area (TPSA) is 81.5 Å². The number of hydrogen-bond acceptors (Lipinski definition) is 4. The van der Waals surface area contributed by atoms with E-state index in [0.29, 0.717) is 5.56 Å². The van der Waals surface area contributed by atoms with Gasteiger partial charge in [-0.2, -0.15) is 0 Å². The van der Waals surface area contributed by atoms with Gasteiger partial charge in [-0.05, 0) is 26.3 Å². The van der Waals surface area contributed by atoms with Gasteiger partial charge in [-0.3, -0.25) is 14.9 Å². The smallest absolute Gasteiger partial charge is 0.310 e. The fraction of sp³-hybridized carbons (Fsp3) is 0.462. The summed E-state index contributed by atoms with van der Waals surface area (Å²) < 4.78 is 4.93. The second kappa shape index (κ2) is 5.69. The van der Waals surface area contributed by atoms with Crippen LogP contribution in [-0.4, -0.2) is 23.5 Å². The van der Waals surface area contributed by atoms with Crippen molar-refractivity contribution in [1.29, 1.82) is 0 Å². The second-order valence-electron chi connectivity index (χ2n) is 4.84. The van der Waals surface area contributed by atoms with E-state index in [4.69, 9.17) is 4.74 Å². The molecule has 1 amide bonds. The molecule has 0 aliphatic rings. The lowest BCUT2D eigenvalue weighted by molar-refractivity contribution is -0.385. The summed E-state index contributed by atoms with van der Waals surface area (Å²) in [7, 11) is 1.33. The van der Waals surface area contributed by atoms with E-state index in [1.807, 2.05) is 20.8 Å². The van der Waals surface area contributed by atoms with Gasteiger partial charge in [0.05, 0.1) is 12.0 Å². The van der Waals surface area contributed by atoms with Crippen LogP contribution in [-0.2, 0) is 0 Å². The number of hydrogen-bond donors (Lipinski definition) is 1. The number of nitro benzene ring substituents is 1. The minimum absolute atomic E-state index is 0.0759. The third-order valence-corrected chi connectivity index (χ3v) is 2.97. The molecular formula is C13H18N2O4. The van der Waals surface area contributed by atoms with Crippen molar-refractivity contribution in [3.8, 4) is 5.75 Å². The Bertz CT molecular complexity index is 497. The quantitative estimate of drug-likeness (QED) is 0.655. The second-order valence-corrected chi connectivity index (χ2v) is 4.84. The molecule has 0 aromatic heterocycles. The molecule has 0 bridgehead atoms. The molecule has 19 heavy (non-hydrogen) atoms. The number of carbonyl (C=O) groups excluding carboxylic acids is 1. The third-order valence-electron chi connectivity index (χ3n) is 2.97. The Hall–Kier alpha value is -2.11. The van der Waals surface area contributed by atoms with Crippen LogP contribution in [0.3, 0.4) is 0 Å². The lowest BCUT2D eigenvalue weighted by Crippen LogP contribution is -2.42. The van der Waals surface area contributed by atoms with E-state index in [2.05, 4.69) is 5.32 Å². The maximum Gasteiger partial charge on any atom is 0.310 e. The van der Waals surface area contributed by atoms with Crippen molar-refractivity contribution in [1.82, 2.24) is 5.32 Å². The van der Waals surface area contributed by atoms with E-state index < -0.39 is 4.92 Å². The SMILES string of the molecule is CCC(C)(C)NC(=O)c1ccc([N+](=O)[O-])c(OC)c1. The highest BCUT2D eigenvalue weighted by molar-refractivity contribution is 5.95. The van der Waals surface area contributed by atoms with Crippen molar-refractivity contribution in [2.24, 2.45) is 0 Å². The molecule has 1 aromatic rings. The number of nitrogens with zero attached hydrogens (tertiary/aromatic N) is 1. The molecule has 0 aliphatic carbocycles. The Morgan fingerprint density at radius 1 is 1.47 bits per heavy atom. The number of nitro groups is 1. The summed E-state index contributed by atoms with van der Waals surface area (Å²) in [6.07, 6.45) is 0.781. The van der Waals surface area contributed by atoms with Crippen molar-refractivity contribution in [2.75, 3.05) is 7.11 Å². The van der Waals surface area contributed by atoms with Crippen molar-refractivity contribution in [3.63, 3.8) is 0 Å². The highest BCUT2D eigenvalue weighted by atomic mass is 16.6. The summed E-state index contributed by atoms with van der Waals surface area (Å²) in [5.41, 5.74) is -0.149. The standard InChI is InChI=1S/C13H18N2O4/c1-5-13(2,3)14-12(16)9-6-7-10(15(17)18)11(8-9)19-4/h6-8H,5H2,1-4H3,(H,14,16). The van der Waals surface area contributed by atoms with E-state index in [1.54, 1.807) is 0 Å². The van der Waals surface area contributed by atoms with Gasteiger partial charge >= 0.3 is 5.69 Å². The van der Waals surface area contributed by atoms with Gasteiger partial charge in [-0.25, -0.2) is 0 Å². The molecule has 0 unspecified atom stereocenters. The van der Waals surface area contributed by atoms with E-state index in [0.717, 1.165) is 6.42 Å². The van der Waals surface area contributed by atoms with Crippen molar-refractivity contribution >= 4 is 11.6 Å². The molecule has 0 saturated heterocycles. The van der Waals surface area contributed by atoms with Crippen LogP contribution in [0.25, 0.3) is 0 Å². The van der Waals surface area contributed by atoms with Crippen LogP contribution in [0, 0.1) is 10.1 Å². The molecule has 0 heterocycles. The van der Waals surface area contributed by atoms with Crippen molar-refractivity contribution in [3.05, 3.63) is 33.9 Å². The van der Waals surface area contributed by atoms with E-state index in [-0.39, 0.29) is 22.9 Å². The first-order valence-corrected chi connectivity index (χ1v) is 5.95. The first-order chi connectivity index (χ1) is 8.80. The number of rotatable bonds is 5. The summed E-state index contributed by atoms with van der Waals surface area (Å²) in [4.78, 5) is 22.2. The largest absolute Gasteiger partial charge is 0.490 e. The summed E-state index contributed by atoms with van der Waals surface area (Å²) in [6, 6.07) is 4.06. The highest BCUT2D eigenvalue weighted by Gasteiger charge is 2.21. The first-order valence-electron chi connectivity index (χ1n) is 5.95. The molecule has 0 spiro atoms. The van der Waals surface area contributed by atoms with Crippen LogP contribution in [0.1, 0.15) is 37.6 Å².